The number of rotatable bonds is 3. The number of benzene rings is 1. The highest BCUT2D eigenvalue weighted by molar-refractivity contribution is 7.18. The van der Waals surface area contributed by atoms with E-state index >= 15 is 0 Å². The zero-order valence-corrected chi connectivity index (χ0v) is 14.4. The predicted molar refractivity (Wildman–Crippen MR) is 97.2 cm³/mol. The van der Waals surface area contributed by atoms with Crippen molar-refractivity contribution >= 4 is 21.6 Å². The Morgan fingerprint density at radius 3 is 2.58 bits per heavy atom. The summed E-state index contributed by atoms with van der Waals surface area (Å²) in [5.74, 6) is 0.663. The minimum atomic E-state index is 0.663. The van der Waals surface area contributed by atoms with Gasteiger partial charge in [0.1, 0.15) is 6.33 Å². The molecule has 3 aromatic rings. The van der Waals surface area contributed by atoms with E-state index in [2.05, 4.69) is 33.1 Å². The van der Waals surface area contributed by atoms with Crippen molar-refractivity contribution in [3.05, 3.63) is 41.9 Å². The summed E-state index contributed by atoms with van der Waals surface area (Å²) in [5.41, 5.74) is 3.36. The first kappa shape index (κ1) is 14.5. The molecule has 5 rings (SSSR count). The molecule has 1 aromatic carbocycles. The van der Waals surface area contributed by atoms with Gasteiger partial charge in [-0.2, -0.15) is 0 Å². The fourth-order valence-corrected chi connectivity index (χ4v) is 5.07. The van der Waals surface area contributed by atoms with E-state index in [1.807, 2.05) is 23.7 Å². The molecule has 5 heteroatoms. The highest BCUT2D eigenvalue weighted by atomic mass is 32.1. The SMILES string of the molecule is c1ncc(-c2ccc3nc([C@H]4C[C@H](N5CCCC5)C4)sc3c2)cn1. The molecule has 0 radical (unpaired) electrons. The monoisotopic (exact) mass is 336 g/mol. The van der Waals surface area contributed by atoms with Crippen LogP contribution in [0.3, 0.4) is 0 Å². The smallest absolute Gasteiger partial charge is 0.115 e. The molecule has 0 unspecified atom stereocenters. The molecule has 1 saturated heterocycles. The predicted octanol–water partition coefficient (Wildman–Crippen LogP) is 4.10. The Morgan fingerprint density at radius 2 is 1.79 bits per heavy atom. The number of hydrogen-bond acceptors (Lipinski definition) is 5. The standard InChI is InChI=1S/C19H20N4S/c1-2-6-23(5-1)16-7-14(8-16)19-22-17-4-3-13(9-18(17)24-19)15-10-20-12-21-11-15/h3-4,9-12,14,16H,1-2,5-8H2/t14-,16-. The highest BCUT2D eigenvalue weighted by Gasteiger charge is 2.37. The van der Waals surface area contributed by atoms with Crippen LogP contribution < -0.4 is 0 Å². The molecule has 4 nitrogen and oxygen atoms in total. The Hall–Kier alpha value is -1.85. The van der Waals surface area contributed by atoms with E-state index in [1.165, 1.54) is 54.0 Å². The maximum Gasteiger partial charge on any atom is 0.115 e. The number of hydrogen-bond donors (Lipinski definition) is 0. The summed E-state index contributed by atoms with van der Waals surface area (Å²) in [7, 11) is 0. The molecule has 0 N–H and O–H groups in total. The van der Waals surface area contributed by atoms with Gasteiger partial charge in [0, 0.05) is 29.9 Å². The summed E-state index contributed by atoms with van der Waals surface area (Å²) in [6.45, 7) is 2.61. The van der Waals surface area contributed by atoms with E-state index in [9.17, 15) is 0 Å². The van der Waals surface area contributed by atoms with Gasteiger partial charge in [0.2, 0.25) is 0 Å². The van der Waals surface area contributed by atoms with Crippen LogP contribution in [0.15, 0.2) is 36.9 Å². The number of thiazole rings is 1. The first-order valence-corrected chi connectivity index (χ1v) is 9.58. The fraction of sp³-hybridized carbons (Fsp3) is 0.421. The van der Waals surface area contributed by atoms with E-state index in [-0.39, 0.29) is 0 Å². The van der Waals surface area contributed by atoms with E-state index in [0.29, 0.717) is 5.92 Å². The van der Waals surface area contributed by atoms with Crippen LogP contribution in [0.25, 0.3) is 21.3 Å². The van der Waals surface area contributed by atoms with Crippen LogP contribution in [0.5, 0.6) is 0 Å². The summed E-state index contributed by atoms with van der Waals surface area (Å²) < 4.78 is 1.27. The summed E-state index contributed by atoms with van der Waals surface area (Å²) >= 11 is 1.86. The van der Waals surface area contributed by atoms with Gasteiger partial charge < -0.3 is 4.90 Å². The molecule has 122 valence electrons. The minimum Gasteiger partial charge on any atom is -0.300 e. The molecule has 24 heavy (non-hydrogen) atoms. The summed E-state index contributed by atoms with van der Waals surface area (Å²) in [4.78, 5) is 15.8. The Bertz CT molecular complexity index is 848. The summed E-state index contributed by atoms with van der Waals surface area (Å²) in [6, 6.07) is 7.29. The number of nitrogens with zero attached hydrogens (tertiary/aromatic N) is 4. The van der Waals surface area contributed by atoms with Crippen molar-refractivity contribution in [1.82, 2.24) is 19.9 Å². The van der Waals surface area contributed by atoms with Gasteiger partial charge in [-0.15, -0.1) is 11.3 Å². The van der Waals surface area contributed by atoms with Crippen molar-refractivity contribution in [2.75, 3.05) is 13.1 Å². The molecule has 3 heterocycles. The molecule has 2 fully saturated rings. The third-order valence-corrected chi connectivity index (χ3v) is 6.60. The van der Waals surface area contributed by atoms with Crippen LogP contribution in [0, 0.1) is 0 Å². The van der Waals surface area contributed by atoms with Crippen molar-refractivity contribution in [3.8, 4) is 11.1 Å². The molecule has 2 aliphatic rings. The molecule has 0 spiro atoms. The van der Waals surface area contributed by atoms with Crippen molar-refractivity contribution in [2.24, 2.45) is 0 Å². The lowest BCUT2D eigenvalue weighted by molar-refractivity contribution is 0.136. The van der Waals surface area contributed by atoms with Gasteiger partial charge >= 0.3 is 0 Å². The first-order valence-electron chi connectivity index (χ1n) is 8.77. The molecular formula is C19H20N4S. The van der Waals surface area contributed by atoms with E-state index in [4.69, 9.17) is 4.98 Å². The second-order valence-corrected chi connectivity index (χ2v) is 7.99. The van der Waals surface area contributed by atoms with Crippen molar-refractivity contribution in [2.45, 2.75) is 37.6 Å². The zero-order valence-electron chi connectivity index (χ0n) is 13.6. The van der Waals surface area contributed by atoms with Crippen molar-refractivity contribution in [3.63, 3.8) is 0 Å². The van der Waals surface area contributed by atoms with Gasteiger partial charge in [0.25, 0.3) is 0 Å². The second kappa shape index (κ2) is 5.90. The Morgan fingerprint density at radius 1 is 1.00 bits per heavy atom. The van der Waals surface area contributed by atoms with Crippen molar-refractivity contribution in [1.29, 1.82) is 0 Å². The van der Waals surface area contributed by atoms with Crippen LogP contribution in [0.4, 0.5) is 0 Å². The Kier molecular flexibility index (Phi) is 3.56. The quantitative estimate of drug-likeness (QED) is 0.722. The van der Waals surface area contributed by atoms with E-state index in [0.717, 1.165) is 17.1 Å². The first-order chi connectivity index (χ1) is 11.9. The molecule has 2 aromatic heterocycles. The number of aromatic nitrogens is 3. The zero-order chi connectivity index (χ0) is 15.9. The molecule has 1 aliphatic carbocycles. The Balaban J connectivity index is 1.37. The average Bonchev–Trinajstić information content (AvgIpc) is 3.23. The average molecular weight is 336 g/mol. The van der Waals surface area contributed by atoms with Crippen LogP contribution in [0.1, 0.15) is 36.6 Å². The van der Waals surface area contributed by atoms with Crippen LogP contribution in [-0.4, -0.2) is 39.0 Å². The summed E-state index contributed by atoms with van der Waals surface area (Å²) in [6.07, 6.45) is 10.6. The summed E-state index contributed by atoms with van der Waals surface area (Å²) in [5, 5.41) is 1.32. The minimum absolute atomic E-state index is 0.663. The number of fused-ring (bicyclic) bond motifs is 1. The topological polar surface area (TPSA) is 41.9 Å². The van der Waals surface area contributed by atoms with Gasteiger partial charge in [0.15, 0.2) is 0 Å². The third-order valence-electron chi connectivity index (χ3n) is 5.42. The third kappa shape index (κ3) is 2.52. The normalized spacial score (nSPS) is 24.3. The molecule has 0 bridgehead atoms. The Labute approximate surface area is 145 Å². The lowest BCUT2D eigenvalue weighted by atomic mass is 9.80. The van der Waals surface area contributed by atoms with E-state index in [1.54, 1.807) is 6.33 Å². The maximum atomic E-state index is 4.90. The number of likely N-dealkylation sites (tertiary alicyclic amines) is 1. The molecule has 1 aliphatic heterocycles. The van der Waals surface area contributed by atoms with Gasteiger partial charge in [-0.25, -0.2) is 15.0 Å². The fourth-order valence-electron chi connectivity index (χ4n) is 3.94. The van der Waals surface area contributed by atoms with Crippen LogP contribution >= 0.6 is 11.3 Å². The largest absolute Gasteiger partial charge is 0.300 e. The van der Waals surface area contributed by atoms with Gasteiger partial charge in [-0.05, 0) is 56.5 Å². The molecule has 1 saturated carbocycles. The van der Waals surface area contributed by atoms with Gasteiger partial charge in [-0.3, -0.25) is 0 Å². The maximum absolute atomic E-state index is 4.90. The molecule has 0 amide bonds. The van der Waals surface area contributed by atoms with Crippen molar-refractivity contribution < 1.29 is 0 Å². The van der Waals surface area contributed by atoms with Gasteiger partial charge in [-0.1, -0.05) is 6.07 Å². The van der Waals surface area contributed by atoms with E-state index < -0.39 is 0 Å². The van der Waals surface area contributed by atoms with Crippen LogP contribution in [-0.2, 0) is 0 Å². The molecule has 0 atom stereocenters. The second-order valence-electron chi connectivity index (χ2n) is 6.93. The highest BCUT2D eigenvalue weighted by Crippen LogP contribution is 2.43. The van der Waals surface area contributed by atoms with Crippen LogP contribution in [0.2, 0.25) is 0 Å². The lowest BCUT2D eigenvalue weighted by Gasteiger charge is -2.40. The lowest BCUT2D eigenvalue weighted by Crippen LogP contribution is -2.42. The molecular weight excluding hydrogens is 316 g/mol. The van der Waals surface area contributed by atoms with Gasteiger partial charge in [0.05, 0.1) is 15.2 Å².